The van der Waals surface area contributed by atoms with E-state index in [1.807, 2.05) is 36.4 Å². The SMILES string of the molecule is COc1ccc(NC2CCN(CCOc3ccc(CO)cc3)C2)cc1. The molecule has 2 aromatic rings. The Morgan fingerprint density at radius 3 is 2.48 bits per heavy atom. The first kappa shape index (κ1) is 17.6. The second-order valence-corrected chi connectivity index (χ2v) is 6.31. The number of anilines is 1. The van der Waals surface area contributed by atoms with Gasteiger partial charge in [-0.15, -0.1) is 0 Å². The average molecular weight is 342 g/mol. The van der Waals surface area contributed by atoms with Crippen LogP contribution in [0.1, 0.15) is 12.0 Å². The Labute approximate surface area is 149 Å². The summed E-state index contributed by atoms with van der Waals surface area (Å²) in [6, 6.07) is 16.1. The molecule has 0 amide bonds. The van der Waals surface area contributed by atoms with E-state index in [1.165, 1.54) is 0 Å². The first-order valence-electron chi connectivity index (χ1n) is 8.72. The Kier molecular flexibility index (Phi) is 6.14. The van der Waals surface area contributed by atoms with Crippen molar-refractivity contribution < 1.29 is 14.6 Å². The number of rotatable bonds is 8. The summed E-state index contributed by atoms with van der Waals surface area (Å²) in [6.07, 6.45) is 1.14. The van der Waals surface area contributed by atoms with Crippen LogP contribution in [0.3, 0.4) is 0 Å². The van der Waals surface area contributed by atoms with Crippen LogP contribution in [0.2, 0.25) is 0 Å². The minimum absolute atomic E-state index is 0.0661. The number of aliphatic hydroxyl groups excluding tert-OH is 1. The maximum atomic E-state index is 9.05. The molecule has 2 N–H and O–H groups in total. The van der Waals surface area contributed by atoms with Crippen molar-refractivity contribution in [2.45, 2.75) is 19.1 Å². The van der Waals surface area contributed by atoms with Crippen LogP contribution in [0.5, 0.6) is 11.5 Å². The van der Waals surface area contributed by atoms with Gasteiger partial charge in [-0.1, -0.05) is 12.1 Å². The maximum absolute atomic E-state index is 9.05. The number of hydrogen-bond acceptors (Lipinski definition) is 5. The van der Waals surface area contributed by atoms with E-state index < -0.39 is 0 Å². The minimum atomic E-state index is 0.0661. The van der Waals surface area contributed by atoms with Crippen molar-refractivity contribution in [3.8, 4) is 11.5 Å². The van der Waals surface area contributed by atoms with Crippen molar-refractivity contribution in [3.05, 3.63) is 54.1 Å². The van der Waals surface area contributed by atoms with Crippen molar-refractivity contribution in [2.75, 3.05) is 38.7 Å². The van der Waals surface area contributed by atoms with Crippen molar-refractivity contribution in [3.63, 3.8) is 0 Å². The smallest absolute Gasteiger partial charge is 0.119 e. The highest BCUT2D eigenvalue weighted by atomic mass is 16.5. The van der Waals surface area contributed by atoms with E-state index in [2.05, 4.69) is 22.3 Å². The summed E-state index contributed by atoms with van der Waals surface area (Å²) in [4.78, 5) is 2.42. The monoisotopic (exact) mass is 342 g/mol. The molecular formula is C20H26N2O3. The number of nitrogens with zero attached hydrogens (tertiary/aromatic N) is 1. The molecule has 3 rings (SSSR count). The largest absolute Gasteiger partial charge is 0.497 e. The third kappa shape index (κ3) is 5.11. The van der Waals surface area contributed by atoms with Crippen LogP contribution in [-0.2, 0) is 6.61 Å². The molecule has 1 heterocycles. The molecular weight excluding hydrogens is 316 g/mol. The average Bonchev–Trinajstić information content (AvgIpc) is 3.10. The molecule has 1 fully saturated rings. The predicted octanol–water partition coefficient (Wildman–Crippen LogP) is 2.75. The van der Waals surface area contributed by atoms with Crippen LogP contribution in [0.15, 0.2) is 48.5 Å². The predicted molar refractivity (Wildman–Crippen MR) is 99.3 cm³/mol. The standard InChI is InChI=1S/C20H26N2O3/c1-24-19-8-4-17(5-9-19)21-18-10-11-22(14-18)12-13-25-20-6-2-16(15-23)3-7-20/h2-9,18,21,23H,10-15H2,1H3. The van der Waals surface area contributed by atoms with Crippen molar-refractivity contribution in [1.82, 2.24) is 4.90 Å². The topological polar surface area (TPSA) is 54.0 Å². The minimum Gasteiger partial charge on any atom is -0.497 e. The zero-order chi connectivity index (χ0) is 17.5. The molecule has 0 bridgehead atoms. The molecule has 1 aliphatic rings. The lowest BCUT2D eigenvalue weighted by Crippen LogP contribution is -2.29. The van der Waals surface area contributed by atoms with E-state index in [4.69, 9.17) is 14.6 Å². The van der Waals surface area contributed by atoms with E-state index in [0.717, 1.165) is 48.8 Å². The second kappa shape index (κ2) is 8.74. The number of nitrogens with one attached hydrogen (secondary N) is 1. The lowest BCUT2D eigenvalue weighted by atomic mass is 10.2. The first-order valence-corrected chi connectivity index (χ1v) is 8.72. The molecule has 0 aliphatic carbocycles. The normalized spacial score (nSPS) is 17.4. The third-order valence-corrected chi connectivity index (χ3v) is 4.52. The lowest BCUT2D eigenvalue weighted by Gasteiger charge is -2.18. The van der Waals surface area contributed by atoms with Gasteiger partial charge >= 0.3 is 0 Å². The van der Waals surface area contributed by atoms with Crippen molar-refractivity contribution in [1.29, 1.82) is 0 Å². The molecule has 5 nitrogen and oxygen atoms in total. The molecule has 1 atom stereocenters. The van der Waals surface area contributed by atoms with Gasteiger partial charge in [-0.05, 0) is 48.4 Å². The fraction of sp³-hybridized carbons (Fsp3) is 0.400. The molecule has 1 aliphatic heterocycles. The van der Waals surface area contributed by atoms with Gasteiger partial charge in [0.1, 0.15) is 18.1 Å². The zero-order valence-electron chi connectivity index (χ0n) is 14.6. The van der Waals surface area contributed by atoms with E-state index in [9.17, 15) is 0 Å². The third-order valence-electron chi connectivity index (χ3n) is 4.52. The fourth-order valence-electron chi connectivity index (χ4n) is 3.06. The first-order chi connectivity index (χ1) is 12.3. The van der Waals surface area contributed by atoms with Crippen LogP contribution < -0.4 is 14.8 Å². The van der Waals surface area contributed by atoms with Gasteiger partial charge in [0, 0.05) is 31.4 Å². The Morgan fingerprint density at radius 2 is 1.80 bits per heavy atom. The van der Waals surface area contributed by atoms with Crippen LogP contribution >= 0.6 is 0 Å². The summed E-state index contributed by atoms with van der Waals surface area (Å²) in [6.45, 7) is 3.77. The summed E-state index contributed by atoms with van der Waals surface area (Å²) in [5, 5.41) is 12.6. The summed E-state index contributed by atoms with van der Waals surface area (Å²) >= 11 is 0. The molecule has 1 unspecified atom stereocenters. The molecule has 0 spiro atoms. The number of hydrogen-bond donors (Lipinski definition) is 2. The Morgan fingerprint density at radius 1 is 1.08 bits per heavy atom. The van der Waals surface area contributed by atoms with Crippen LogP contribution in [0.4, 0.5) is 5.69 Å². The highest BCUT2D eigenvalue weighted by Gasteiger charge is 2.21. The van der Waals surface area contributed by atoms with Gasteiger partial charge in [0.05, 0.1) is 13.7 Å². The zero-order valence-corrected chi connectivity index (χ0v) is 14.6. The van der Waals surface area contributed by atoms with E-state index >= 15 is 0 Å². The van der Waals surface area contributed by atoms with E-state index in [-0.39, 0.29) is 6.61 Å². The van der Waals surface area contributed by atoms with Crippen LogP contribution in [-0.4, -0.2) is 49.4 Å². The summed E-state index contributed by atoms with van der Waals surface area (Å²) in [5.74, 6) is 1.73. The van der Waals surface area contributed by atoms with Gasteiger partial charge in [-0.2, -0.15) is 0 Å². The van der Waals surface area contributed by atoms with Crippen LogP contribution in [0.25, 0.3) is 0 Å². The second-order valence-electron chi connectivity index (χ2n) is 6.31. The van der Waals surface area contributed by atoms with Crippen LogP contribution in [0, 0.1) is 0 Å². The number of benzene rings is 2. The maximum Gasteiger partial charge on any atom is 0.119 e. The number of ether oxygens (including phenoxy) is 2. The Hall–Kier alpha value is -2.24. The van der Waals surface area contributed by atoms with Gasteiger partial charge in [0.15, 0.2) is 0 Å². The molecule has 1 saturated heterocycles. The molecule has 0 saturated carbocycles. The highest BCUT2D eigenvalue weighted by molar-refractivity contribution is 5.47. The van der Waals surface area contributed by atoms with Gasteiger partial charge < -0.3 is 19.9 Å². The lowest BCUT2D eigenvalue weighted by molar-refractivity contribution is 0.236. The summed E-state index contributed by atoms with van der Waals surface area (Å²) < 4.78 is 11.0. The van der Waals surface area contributed by atoms with E-state index in [1.54, 1.807) is 7.11 Å². The van der Waals surface area contributed by atoms with Crippen molar-refractivity contribution >= 4 is 5.69 Å². The highest BCUT2D eigenvalue weighted by Crippen LogP contribution is 2.19. The Balaban J connectivity index is 1.38. The quantitative estimate of drug-likeness (QED) is 0.773. The van der Waals surface area contributed by atoms with E-state index in [0.29, 0.717) is 12.6 Å². The molecule has 0 radical (unpaired) electrons. The fourth-order valence-corrected chi connectivity index (χ4v) is 3.06. The molecule has 2 aromatic carbocycles. The number of likely N-dealkylation sites (tertiary alicyclic amines) is 1. The van der Waals surface area contributed by atoms with Gasteiger partial charge in [0.25, 0.3) is 0 Å². The van der Waals surface area contributed by atoms with Gasteiger partial charge in [-0.3, -0.25) is 4.90 Å². The molecule has 0 aromatic heterocycles. The van der Waals surface area contributed by atoms with Gasteiger partial charge in [0.2, 0.25) is 0 Å². The summed E-state index contributed by atoms with van der Waals surface area (Å²) in [7, 11) is 1.68. The van der Waals surface area contributed by atoms with Crippen molar-refractivity contribution in [2.24, 2.45) is 0 Å². The number of aliphatic hydroxyl groups is 1. The van der Waals surface area contributed by atoms with Gasteiger partial charge in [-0.25, -0.2) is 0 Å². The summed E-state index contributed by atoms with van der Waals surface area (Å²) in [5.41, 5.74) is 2.03. The Bertz CT molecular complexity index is 643. The molecule has 5 heteroatoms. The molecule has 134 valence electrons. The number of methoxy groups -OCH3 is 1. The molecule has 25 heavy (non-hydrogen) atoms.